The van der Waals surface area contributed by atoms with Gasteiger partial charge in [0.2, 0.25) is 10.0 Å². The van der Waals surface area contributed by atoms with Crippen LogP contribution in [0.15, 0.2) is 24.3 Å². The molecule has 1 aliphatic heterocycles. The number of nitrogens with zero attached hydrogens (tertiary/aromatic N) is 1. The fourth-order valence-corrected chi connectivity index (χ4v) is 4.19. The molecule has 0 N–H and O–H groups in total. The van der Waals surface area contributed by atoms with Gasteiger partial charge in [-0.2, -0.15) is 0 Å². The first-order chi connectivity index (χ1) is 9.41. The summed E-state index contributed by atoms with van der Waals surface area (Å²) >= 11 is 0. The summed E-state index contributed by atoms with van der Waals surface area (Å²) in [7, 11) is -0.228. The van der Waals surface area contributed by atoms with E-state index in [1.165, 1.54) is 16.4 Å². The number of hydrogen-bond donors (Lipinski definition) is 0. The molecule has 0 radical (unpaired) electrons. The largest absolute Gasteiger partial charge is 0.381 e. The third-order valence-electron chi connectivity index (χ3n) is 3.68. The molecule has 1 fully saturated rings. The molecule has 0 bridgehead atoms. The standard InChI is InChI=1S/C14H20FNO3S/c1-16(2)20(17,18)14-6-7-19-10-12(14)8-11-4-3-5-13(15)9-11/h3-5,9,12,14H,6-8,10H2,1-2H3/t12-,14+/m1/s1. The normalized spacial score (nSPS) is 24.0. The van der Waals surface area contributed by atoms with Gasteiger partial charge >= 0.3 is 0 Å². The molecule has 0 saturated carbocycles. The van der Waals surface area contributed by atoms with Crippen LogP contribution < -0.4 is 0 Å². The smallest absolute Gasteiger partial charge is 0.216 e. The van der Waals surface area contributed by atoms with Gasteiger partial charge in [-0.15, -0.1) is 0 Å². The van der Waals surface area contributed by atoms with Crippen molar-refractivity contribution in [3.63, 3.8) is 0 Å². The lowest BCUT2D eigenvalue weighted by atomic mass is 9.93. The number of benzene rings is 1. The molecule has 2 rings (SSSR count). The summed E-state index contributed by atoms with van der Waals surface area (Å²) in [6.45, 7) is 0.853. The molecule has 1 aromatic rings. The van der Waals surface area contributed by atoms with Gasteiger partial charge in [-0.1, -0.05) is 12.1 Å². The molecule has 0 amide bonds. The number of halogens is 1. The molecule has 4 nitrogen and oxygen atoms in total. The highest BCUT2D eigenvalue weighted by molar-refractivity contribution is 7.89. The molecule has 1 heterocycles. The van der Waals surface area contributed by atoms with E-state index < -0.39 is 15.3 Å². The van der Waals surface area contributed by atoms with Crippen LogP contribution in [0.2, 0.25) is 0 Å². The second-order valence-electron chi connectivity index (χ2n) is 5.32. The quantitative estimate of drug-likeness (QED) is 0.850. The van der Waals surface area contributed by atoms with Crippen molar-refractivity contribution in [1.29, 1.82) is 0 Å². The van der Waals surface area contributed by atoms with E-state index in [9.17, 15) is 12.8 Å². The second-order valence-corrected chi connectivity index (χ2v) is 7.69. The Labute approximate surface area is 119 Å². The van der Waals surface area contributed by atoms with Gasteiger partial charge in [-0.25, -0.2) is 17.1 Å². The molecule has 1 aliphatic rings. The van der Waals surface area contributed by atoms with Crippen LogP contribution in [-0.2, 0) is 21.2 Å². The van der Waals surface area contributed by atoms with Crippen molar-refractivity contribution >= 4 is 10.0 Å². The summed E-state index contributed by atoms with van der Waals surface area (Å²) in [5.41, 5.74) is 0.805. The van der Waals surface area contributed by atoms with Crippen LogP contribution in [0.4, 0.5) is 4.39 Å². The molecule has 1 aromatic carbocycles. The summed E-state index contributed by atoms with van der Waals surface area (Å²) in [6.07, 6.45) is 0.996. The maximum Gasteiger partial charge on any atom is 0.216 e. The third-order valence-corrected chi connectivity index (χ3v) is 6.09. The fourth-order valence-electron chi connectivity index (χ4n) is 2.60. The van der Waals surface area contributed by atoms with Crippen LogP contribution in [0, 0.1) is 11.7 Å². The Balaban J connectivity index is 2.20. The Morgan fingerprint density at radius 2 is 2.15 bits per heavy atom. The van der Waals surface area contributed by atoms with Gasteiger partial charge in [0.05, 0.1) is 11.9 Å². The zero-order valence-electron chi connectivity index (χ0n) is 11.8. The van der Waals surface area contributed by atoms with Crippen LogP contribution in [-0.4, -0.2) is 45.3 Å². The summed E-state index contributed by atoms with van der Waals surface area (Å²) in [4.78, 5) is 0. The van der Waals surface area contributed by atoms with Crippen LogP contribution >= 0.6 is 0 Å². The van der Waals surface area contributed by atoms with Crippen molar-refractivity contribution in [2.45, 2.75) is 18.1 Å². The highest BCUT2D eigenvalue weighted by atomic mass is 32.2. The van der Waals surface area contributed by atoms with E-state index in [1.54, 1.807) is 20.2 Å². The molecule has 2 atom stereocenters. The first-order valence-corrected chi connectivity index (χ1v) is 8.15. The summed E-state index contributed by atoms with van der Waals surface area (Å²) < 4.78 is 44.6. The fraction of sp³-hybridized carbons (Fsp3) is 0.571. The summed E-state index contributed by atoms with van der Waals surface area (Å²) in [6, 6.07) is 6.30. The predicted octanol–water partition coefficient (Wildman–Crippen LogP) is 1.66. The average Bonchev–Trinajstić information content (AvgIpc) is 2.39. The van der Waals surface area contributed by atoms with E-state index in [4.69, 9.17) is 4.74 Å². The number of hydrogen-bond acceptors (Lipinski definition) is 3. The predicted molar refractivity (Wildman–Crippen MR) is 75.4 cm³/mol. The third kappa shape index (κ3) is 3.37. The van der Waals surface area contributed by atoms with E-state index in [2.05, 4.69) is 0 Å². The van der Waals surface area contributed by atoms with Gasteiger partial charge in [0.1, 0.15) is 5.82 Å². The molecule has 1 saturated heterocycles. The molecule has 6 heteroatoms. The van der Waals surface area contributed by atoms with E-state index >= 15 is 0 Å². The number of rotatable bonds is 4. The Morgan fingerprint density at radius 3 is 2.80 bits per heavy atom. The average molecular weight is 301 g/mol. The van der Waals surface area contributed by atoms with Crippen LogP contribution in [0.1, 0.15) is 12.0 Å². The van der Waals surface area contributed by atoms with Gasteiger partial charge in [-0.3, -0.25) is 0 Å². The minimum atomic E-state index is -3.32. The van der Waals surface area contributed by atoms with Gasteiger partial charge in [-0.05, 0) is 30.5 Å². The topological polar surface area (TPSA) is 46.6 Å². The lowest BCUT2D eigenvalue weighted by Crippen LogP contribution is -2.44. The minimum Gasteiger partial charge on any atom is -0.381 e. The molecule has 0 aliphatic carbocycles. The van der Waals surface area contributed by atoms with Crippen molar-refractivity contribution in [3.8, 4) is 0 Å². The zero-order valence-corrected chi connectivity index (χ0v) is 12.6. The van der Waals surface area contributed by atoms with Crippen molar-refractivity contribution in [3.05, 3.63) is 35.6 Å². The number of sulfonamides is 1. The lowest BCUT2D eigenvalue weighted by Gasteiger charge is -2.33. The molecule has 0 aromatic heterocycles. The molecule has 20 heavy (non-hydrogen) atoms. The number of ether oxygens (including phenoxy) is 1. The van der Waals surface area contributed by atoms with Crippen molar-refractivity contribution in [1.82, 2.24) is 4.31 Å². The van der Waals surface area contributed by atoms with E-state index in [1.807, 2.05) is 6.07 Å². The van der Waals surface area contributed by atoms with Gasteiger partial charge in [0.15, 0.2) is 0 Å². The SMILES string of the molecule is CN(C)S(=O)(=O)[C@H]1CCOC[C@H]1Cc1cccc(F)c1. The molecular weight excluding hydrogens is 281 g/mol. The Morgan fingerprint density at radius 1 is 1.40 bits per heavy atom. The maximum absolute atomic E-state index is 13.2. The Bertz CT molecular complexity index is 559. The molecule has 112 valence electrons. The second kappa shape index (κ2) is 6.20. The Kier molecular flexibility index (Phi) is 4.78. The Hall–Kier alpha value is -0.980. The zero-order chi connectivity index (χ0) is 14.8. The maximum atomic E-state index is 13.2. The van der Waals surface area contributed by atoms with Gasteiger partial charge in [0, 0.05) is 26.6 Å². The van der Waals surface area contributed by atoms with E-state index in [0.717, 1.165) is 5.56 Å². The molecule has 0 spiro atoms. The lowest BCUT2D eigenvalue weighted by molar-refractivity contribution is 0.0563. The molecule has 0 unspecified atom stereocenters. The van der Waals surface area contributed by atoms with Gasteiger partial charge < -0.3 is 4.74 Å². The minimum absolute atomic E-state index is 0.141. The first kappa shape index (κ1) is 15.4. The van der Waals surface area contributed by atoms with Crippen LogP contribution in [0.5, 0.6) is 0 Å². The monoisotopic (exact) mass is 301 g/mol. The highest BCUT2D eigenvalue weighted by Gasteiger charge is 2.37. The van der Waals surface area contributed by atoms with Crippen molar-refractivity contribution in [2.75, 3.05) is 27.3 Å². The first-order valence-electron chi connectivity index (χ1n) is 6.65. The van der Waals surface area contributed by atoms with Crippen molar-refractivity contribution < 1.29 is 17.5 Å². The van der Waals surface area contributed by atoms with E-state index in [-0.39, 0.29) is 11.7 Å². The summed E-state index contributed by atoms with van der Waals surface area (Å²) in [5, 5.41) is -0.463. The van der Waals surface area contributed by atoms with Gasteiger partial charge in [0.25, 0.3) is 0 Å². The van der Waals surface area contributed by atoms with Crippen molar-refractivity contribution in [2.24, 2.45) is 5.92 Å². The van der Waals surface area contributed by atoms with Crippen LogP contribution in [0.25, 0.3) is 0 Å². The highest BCUT2D eigenvalue weighted by Crippen LogP contribution is 2.27. The van der Waals surface area contributed by atoms with E-state index in [0.29, 0.717) is 26.1 Å². The van der Waals surface area contributed by atoms with Crippen LogP contribution in [0.3, 0.4) is 0 Å². The summed E-state index contributed by atoms with van der Waals surface area (Å²) in [5.74, 6) is -0.441. The molecular formula is C14H20FNO3S.